The number of ketones is 1. The maximum absolute atomic E-state index is 13.8. The lowest BCUT2D eigenvalue weighted by atomic mass is 9.90. The van der Waals surface area contributed by atoms with E-state index in [4.69, 9.17) is 0 Å². The number of aryl methyl sites for hydroxylation is 1. The number of nitrogens with one attached hydrogen (secondary N) is 4. The molecule has 2 saturated heterocycles. The third-order valence-electron chi connectivity index (χ3n) is 8.47. The van der Waals surface area contributed by atoms with Crippen LogP contribution < -0.4 is 21.3 Å². The van der Waals surface area contributed by atoms with Crippen LogP contribution in [0.15, 0.2) is 24.3 Å². The Morgan fingerprint density at radius 2 is 1.57 bits per heavy atom. The number of hydrogen-bond donors (Lipinski definition) is 6. The number of hydrogen-bond acceptors (Lipinski definition) is 8. The van der Waals surface area contributed by atoms with E-state index in [1.807, 2.05) is 49.9 Å². The van der Waals surface area contributed by atoms with Crippen LogP contribution in [0.2, 0.25) is 0 Å². The molecule has 7 atom stereocenters. The fourth-order valence-corrected chi connectivity index (χ4v) is 6.05. The summed E-state index contributed by atoms with van der Waals surface area (Å²) in [5.74, 6) is -5.76. The molecule has 2 fully saturated rings. The molecule has 0 bridgehead atoms. The second-order valence-electron chi connectivity index (χ2n) is 13.2. The molecule has 0 aromatic heterocycles. The number of fused-ring (bicyclic) bond motifs is 1. The number of carboxylic acid groups (broad SMARTS) is 1. The molecular weight excluding hydrogens is 594 g/mol. The molecule has 1 aromatic carbocycles. The van der Waals surface area contributed by atoms with Gasteiger partial charge in [0.05, 0.1) is 30.5 Å². The average molecular weight is 644 g/mol. The monoisotopic (exact) mass is 643 g/mol. The third kappa shape index (κ3) is 10.6. The average Bonchev–Trinajstić information content (AvgIpc) is 3.42. The summed E-state index contributed by atoms with van der Waals surface area (Å²) in [7, 11) is 0. The van der Waals surface area contributed by atoms with Gasteiger partial charge in [-0.25, -0.2) is 0 Å². The molecule has 2 aliphatic heterocycles. The zero-order valence-electron chi connectivity index (χ0n) is 27.4. The summed E-state index contributed by atoms with van der Waals surface area (Å²) in [6.07, 6.45) is -0.882. The van der Waals surface area contributed by atoms with E-state index in [9.17, 15) is 39.0 Å². The highest BCUT2D eigenvalue weighted by molar-refractivity contribution is 5.97. The topological polar surface area (TPSA) is 194 Å². The Balaban J connectivity index is 2.01. The number of rotatable bonds is 7. The van der Waals surface area contributed by atoms with Crippen molar-refractivity contribution in [3.8, 4) is 0 Å². The molecule has 3 rings (SSSR count). The first-order valence-corrected chi connectivity index (χ1v) is 16.1. The molecular formula is C33H49N5O8. The van der Waals surface area contributed by atoms with E-state index < -0.39 is 84.5 Å². The van der Waals surface area contributed by atoms with Gasteiger partial charge in [0.1, 0.15) is 12.1 Å². The van der Waals surface area contributed by atoms with E-state index in [0.717, 1.165) is 17.5 Å². The van der Waals surface area contributed by atoms with Gasteiger partial charge in [-0.05, 0) is 58.1 Å². The predicted molar refractivity (Wildman–Crippen MR) is 169 cm³/mol. The van der Waals surface area contributed by atoms with Crippen molar-refractivity contribution in [2.75, 3.05) is 13.1 Å². The zero-order chi connectivity index (χ0) is 34.1. The molecule has 1 aromatic rings. The predicted octanol–water partition coefficient (Wildman–Crippen LogP) is 0.452. The molecule has 6 N–H and O–H groups in total. The molecule has 0 aliphatic carbocycles. The van der Waals surface area contributed by atoms with Crippen LogP contribution in [0.1, 0.15) is 70.9 Å². The summed E-state index contributed by atoms with van der Waals surface area (Å²) < 4.78 is 0. The van der Waals surface area contributed by atoms with Crippen LogP contribution in [0, 0.1) is 18.8 Å². The lowest BCUT2D eigenvalue weighted by Gasteiger charge is -2.31. The Labute approximate surface area is 270 Å². The second-order valence-corrected chi connectivity index (χ2v) is 13.2. The molecule has 46 heavy (non-hydrogen) atoms. The highest BCUT2D eigenvalue weighted by Gasteiger charge is 2.37. The summed E-state index contributed by atoms with van der Waals surface area (Å²) in [5, 5.41) is 30.8. The Morgan fingerprint density at radius 3 is 2.17 bits per heavy atom. The molecule has 0 unspecified atom stereocenters. The largest absolute Gasteiger partial charge is 0.481 e. The smallest absolute Gasteiger partial charge is 0.304 e. The SMILES string of the molecule is Cc1ccc(C[C@@H]2NC(=O)[C@@H]3CCCN3C[C@H](C)NC(=O)[C@H]([C@@H](C)O)NC(=O)[C@H](CC(=O)O)CC(=O)[C@H](CC(C)C)NC2=O)cc1. The van der Waals surface area contributed by atoms with Crippen LogP contribution in [0.3, 0.4) is 0 Å². The van der Waals surface area contributed by atoms with Gasteiger partial charge in [0.15, 0.2) is 5.78 Å². The van der Waals surface area contributed by atoms with Crippen molar-refractivity contribution in [2.24, 2.45) is 11.8 Å². The molecule has 4 amide bonds. The minimum atomic E-state index is -1.41. The first-order chi connectivity index (χ1) is 21.6. The minimum absolute atomic E-state index is 0.0543. The van der Waals surface area contributed by atoms with Crippen molar-refractivity contribution in [3.63, 3.8) is 0 Å². The highest BCUT2D eigenvalue weighted by atomic mass is 16.4. The second kappa shape index (κ2) is 16.6. The number of aliphatic hydroxyl groups is 1. The van der Waals surface area contributed by atoms with Crippen molar-refractivity contribution in [3.05, 3.63) is 35.4 Å². The highest BCUT2D eigenvalue weighted by Crippen LogP contribution is 2.20. The van der Waals surface area contributed by atoms with Crippen molar-refractivity contribution >= 4 is 35.4 Å². The quantitative estimate of drug-likeness (QED) is 0.245. The van der Waals surface area contributed by atoms with E-state index in [1.54, 1.807) is 6.92 Å². The summed E-state index contributed by atoms with van der Waals surface area (Å²) in [4.78, 5) is 81.3. The van der Waals surface area contributed by atoms with Gasteiger partial charge in [-0.15, -0.1) is 0 Å². The van der Waals surface area contributed by atoms with E-state index in [-0.39, 0.29) is 24.7 Å². The van der Waals surface area contributed by atoms with Crippen molar-refractivity contribution < 1.29 is 39.0 Å². The van der Waals surface area contributed by atoms with Gasteiger partial charge in [0.2, 0.25) is 23.6 Å². The molecule has 0 radical (unpaired) electrons. The molecule has 13 heteroatoms. The summed E-state index contributed by atoms with van der Waals surface area (Å²) in [6.45, 7) is 9.60. The first-order valence-electron chi connectivity index (χ1n) is 16.1. The summed E-state index contributed by atoms with van der Waals surface area (Å²) in [5.41, 5.74) is 1.84. The number of benzene rings is 1. The van der Waals surface area contributed by atoms with Gasteiger partial charge in [-0.1, -0.05) is 43.7 Å². The first kappa shape index (κ1) is 36.6. The fraction of sp³-hybridized carbons (Fsp3) is 0.636. The molecule has 0 spiro atoms. The Kier molecular flexibility index (Phi) is 13.2. The number of carboxylic acids is 1. The molecule has 2 aliphatic rings. The number of aliphatic carboxylic acids is 1. The number of aliphatic hydroxyl groups excluding tert-OH is 1. The third-order valence-corrected chi connectivity index (χ3v) is 8.47. The van der Waals surface area contributed by atoms with E-state index >= 15 is 0 Å². The maximum atomic E-state index is 13.8. The molecule has 0 saturated carbocycles. The van der Waals surface area contributed by atoms with E-state index in [2.05, 4.69) is 21.3 Å². The van der Waals surface area contributed by atoms with Gasteiger partial charge in [0, 0.05) is 25.4 Å². The normalized spacial score (nSPS) is 28.3. The Hall–Kier alpha value is -3.84. The molecule has 2 heterocycles. The number of carbonyl (C=O) groups excluding carboxylic acids is 5. The Bertz CT molecular complexity index is 1270. The van der Waals surface area contributed by atoms with Crippen LogP contribution in [0.25, 0.3) is 0 Å². The van der Waals surface area contributed by atoms with Gasteiger partial charge in [-0.2, -0.15) is 0 Å². The standard InChI is InChI=1S/C33H49N5O8/c1-18(2)13-24-27(40)15-23(16-28(41)42)30(43)37-29(21(5)39)33(46)34-20(4)17-38-12-6-7-26(38)32(45)36-25(31(44)35-24)14-22-10-8-19(3)9-11-22/h8-11,18,20-21,23-26,29,39H,6-7,12-17H2,1-5H3,(H,34,46)(H,35,44)(H,36,45)(H,37,43)(H,41,42)/t20-,21+,23-,24-,25-,26-,29-/m0/s1. The van der Waals surface area contributed by atoms with Crippen LogP contribution >= 0.6 is 0 Å². The van der Waals surface area contributed by atoms with Crippen LogP contribution in [-0.2, 0) is 35.2 Å². The number of amides is 4. The van der Waals surface area contributed by atoms with Gasteiger partial charge in [0.25, 0.3) is 0 Å². The van der Waals surface area contributed by atoms with Crippen LogP contribution in [0.4, 0.5) is 0 Å². The number of nitrogens with zero attached hydrogens (tertiary/aromatic N) is 1. The lowest BCUT2D eigenvalue weighted by molar-refractivity contribution is -0.143. The molecule has 254 valence electrons. The molecule has 13 nitrogen and oxygen atoms in total. The number of carbonyl (C=O) groups is 6. The van der Waals surface area contributed by atoms with Crippen molar-refractivity contribution in [2.45, 2.75) is 109 Å². The zero-order valence-corrected chi connectivity index (χ0v) is 27.4. The Morgan fingerprint density at radius 1 is 0.913 bits per heavy atom. The van der Waals surface area contributed by atoms with Crippen LogP contribution in [-0.4, -0.2) is 99.9 Å². The van der Waals surface area contributed by atoms with Gasteiger partial charge < -0.3 is 31.5 Å². The minimum Gasteiger partial charge on any atom is -0.481 e. The van der Waals surface area contributed by atoms with E-state index in [0.29, 0.717) is 19.5 Å². The fourth-order valence-electron chi connectivity index (χ4n) is 6.05. The maximum Gasteiger partial charge on any atom is 0.304 e. The summed E-state index contributed by atoms with van der Waals surface area (Å²) in [6, 6.07) is 3.04. The van der Waals surface area contributed by atoms with Crippen molar-refractivity contribution in [1.29, 1.82) is 0 Å². The van der Waals surface area contributed by atoms with Gasteiger partial charge in [-0.3, -0.25) is 33.7 Å². The van der Waals surface area contributed by atoms with Crippen LogP contribution in [0.5, 0.6) is 0 Å². The lowest BCUT2D eigenvalue weighted by Crippen LogP contribution is -2.58. The van der Waals surface area contributed by atoms with Crippen molar-refractivity contribution in [1.82, 2.24) is 26.2 Å². The van der Waals surface area contributed by atoms with Gasteiger partial charge >= 0.3 is 5.97 Å². The summed E-state index contributed by atoms with van der Waals surface area (Å²) >= 11 is 0. The number of Topliss-reactive ketones (excluding diaryl/α,β-unsaturated/α-hetero) is 1. The van der Waals surface area contributed by atoms with E-state index in [1.165, 1.54) is 6.92 Å².